The van der Waals surface area contributed by atoms with Gasteiger partial charge in [0.2, 0.25) is 5.54 Å². The van der Waals surface area contributed by atoms with Crippen LogP contribution in [0.5, 0.6) is 0 Å². The van der Waals surface area contributed by atoms with E-state index in [4.69, 9.17) is 0 Å². The molecule has 0 aliphatic heterocycles. The summed E-state index contributed by atoms with van der Waals surface area (Å²) in [5.41, 5.74) is -0.840. The maximum Gasteiger partial charge on any atom is 0.246 e. The number of halogens is 1. The Morgan fingerprint density at radius 1 is 1.40 bits per heavy atom. The molecule has 0 radical (unpaired) electrons. The predicted molar refractivity (Wildman–Crippen MR) is 60.2 cm³/mol. The molecule has 0 heterocycles. The maximum atomic E-state index is 10.7. The summed E-state index contributed by atoms with van der Waals surface area (Å²) in [7, 11) is 0. The van der Waals surface area contributed by atoms with E-state index in [2.05, 4.69) is 15.9 Å². The highest BCUT2D eigenvalue weighted by Gasteiger charge is 2.40. The molecule has 0 aromatic heterocycles. The lowest BCUT2D eigenvalue weighted by atomic mass is 9.92. The fourth-order valence-electron chi connectivity index (χ4n) is 1.15. The van der Waals surface area contributed by atoms with E-state index >= 15 is 0 Å². The molecule has 4 nitrogen and oxygen atoms in total. The van der Waals surface area contributed by atoms with Crippen LogP contribution in [0.4, 0.5) is 0 Å². The third-order valence-corrected chi connectivity index (χ3v) is 2.85. The first-order valence-corrected chi connectivity index (χ1v) is 5.23. The molecule has 0 fully saturated rings. The van der Waals surface area contributed by atoms with Crippen molar-refractivity contribution in [3.05, 3.63) is 44.4 Å². The van der Waals surface area contributed by atoms with Crippen LogP contribution in [-0.4, -0.2) is 15.6 Å². The third-order valence-electron chi connectivity index (χ3n) is 2.33. The minimum absolute atomic E-state index is 0.473. The molecule has 1 aromatic rings. The zero-order chi connectivity index (χ0) is 11.6. The molecule has 1 N–H and O–H groups in total. The van der Waals surface area contributed by atoms with Crippen LogP contribution < -0.4 is 0 Å². The lowest BCUT2D eigenvalue weighted by Gasteiger charge is -2.22. The van der Waals surface area contributed by atoms with Gasteiger partial charge in [0.15, 0.2) is 0 Å². The fourth-order valence-corrected chi connectivity index (χ4v) is 1.42. The van der Waals surface area contributed by atoms with Gasteiger partial charge in [-0.2, -0.15) is 0 Å². The summed E-state index contributed by atoms with van der Waals surface area (Å²) in [5, 5.41) is 20.6. The van der Waals surface area contributed by atoms with E-state index in [1.54, 1.807) is 24.3 Å². The normalized spacial score (nSPS) is 13.6. The highest BCUT2D eigenvalue weighted by molar-refractivity contribution is 9.10. The first-order valence-electron chi connectivity index (χ1n) is 4.43. The smallest absolute Gasteiger partial charge is 0.246 e. The predicted octanol–water partition coefficient (Wildman–Crippen LogP) is 2.54. The maximum absolute atomic E-state index is 10.7. The summed E-state index contributed by atoms with van der Waals surface area (Å²) >= 11 is 3.26. The number of rotatable bonds is 3. The molecule has 0 unspecified atom stereocenters. The molecule has 15 heavy (non-hydrogen) atoms. The van der Waals surface area contributed by atoms with Crippen LogP contribution in [-0.2, 0) is 0 Å². The number of hydrogen-bond acceptors (Lipinski definition) is 3. The molecule has 0 saturated heterocycles. The van der Waals surface area contributed by atoms with Gasteiger partial charge in [0.05, 0.1) is 0 Å². The molecule has 1 atom stereocenters. The van der Waals surface area contributed by atoms with Crippen molar-refractivity contribution >= 4 is 15.9 Å². The van der Waals surface area contributed by atoms with Crippen LogP contribution in [0, 0.1) is 10.1 Å². The van der Waals surface area contributed by atoms with Gasteiger partial charge in [0.1, 0.15) is 6.10 Å². The topological polar surface area (TPSA) is 63.4 Å². The Bertz CT molecular complexity index is 361. The molecular weight excluding hydrogens is 262 g/mol. The van der Waals surface area contributed by atoms with Crippen molar-refractivity contribution in [1.82, 2.24) is 0 Å². The molecule has 0 aliphatic carbocycles. The van der Waals surface area contributed by atoms with E-state index in [-0.39, 0.29) is 0 Å². The number of aliphatic hydroxyl groups is 1. The van der Waals surface area contributed by atoms with Crippen molar-refractivity contribution in [1.29, 1.82) is 0 Å². The molecule has 5 heteroatoms. The third kappa shape index (κ3) is 2.54. The number of hydrogen-bond donors (Lipinski definition) is 1. The van der Waals surface area contributed by atoms with E-state index in [0.717, 1.165) is 4.47 Å². The molecular formula is C10H12BrNO3. The van der Waals surface area contributed by atoms with E-state index in [1.807, 2.05) is 0 Å². The Labute approximate surface area is 96.2 Å². The van der Waals surface area contributed by atoms with Gasteiger partial charge in [0, 0.05) is 23.2 Å². The zero-order valence-corrected chi connectivity index (χ0v) is 10.1. The quantitative estimate of drug-likeness (QED) is 0.680. The number of aliphatic hydroxyl groups excluding tert-OH is 1. The van der Waals surface area contributed by atoms with Crippen molar-refractivity contribution in [3.63, 3.8) is 0 Å². The van der Waals surface area contributed by atoms with Crippen LogP contribution in [0.25, 0.3) is 0 Å². The molecule has 0 aliphatic rings. The second kappa shape index (κ2) is 4.28. The van der Waals surface area contributed by atoms with Gasteiger partial charge in [-0.1, -0.05) is 28.1 Å². The average Bonchev–Trinajstić information content (AvgIpc) is 2.17. The molecule has 82 valence electrons. The van der Waals surface area contributed by atoms with Crippen LogP contribution in [0.1, 0.15) is 25.5 Å². The summed E-state index contributed by atoms with van der Waals surface area (Å²) in [5.74, 6) is 0. The van der Waals surface area contributed by atoms with Gasteiger partial charge in [-0.05, 0) is 17.7 Å². The molecule has 0 spiro atoms. The van der Waals surface area contributed by atoms with Gasteiger partial charge in [0.25, 0.3) is 0 Å². The fraction of sp³-hybridized carbons (Fsp3) is 0.400. The Morgan fingerprint density at radius 2 is 1.87 bits per heavy atom. The number of nitrogens with zero attached hydrogens (tertiary/aromatic N) is 1. The summed E-state index contributed by atoms with van der Waals surface area (Å²) in [6.45, 7) is 2.80. The lowest BCUT2D eigenvalue weighted by molar-refractivity contribution is -0.575. The second-order valence-corrected chi connectivity index (χ2v) is 4.78. The summed E-state index contributed by atoms with van der Waals surface area (Å²) in [6, 6.07) is 6.82. The minimum atomic E-state index is -1.38. The molecule has 0 amide bonds. The van der Waals surface area contributed by atoms with E-state index in [9.17, 15) is 15.2 Å². The standard InChI is InChI=1S/C10H12BrNO3/c1-10(2,12(14)15)9(13)7-3-5-8(11)6-4-7/h3-6,9,13H,1-2H3/t9-/m0/s1. The van der Waals surface area contributed by atoms with Gasteiger partial charge in [-0.25, -0.2) is 0 Å². The largest absolute Gasteiger partial charge is 0.381 e. The van der Waals surface area contributed by atoms with Gasteiger partial charge < -0.3 is 5.11 Å². The highest BCUT2D eigenvalue weighted by atomic mass is 79.9. The van der Waals surface area contributed by atoms with Gasteiger partial charge >= 0.3 is 0 Å². The molecule has 0 saturated carbocycles. The van der Waals surface area contributed by atoms with Crippen LogP contribution in [0.15, 0.2) is 28.7 Å². The first kappa shape index (κ1) is 12.1. The van der Waals surface area contributed by atoms with Crippen molar-refractivity contribution in [2.75, 3.05) is 0 Å². The van der Waals surface area contributed by atoms with E-state index in [0.29, 0.717) is 5.56 Å². The highest BCUT2D eigenvalue weighted by Crippen LogP contribution is 2.28. The Balaban J connectivity index is 2.99. The summed E-state index contributed by atoms with van der Waals surface area (Å²) in [6.07, 6.45) is -1.11. The van der Waals surface area contributed by atoms with Crippen molar-refractivity contribution in [3.8, 4) is 0 Å². The molecule has 1 rings (SSSR count). The average molecular weight is 274 g/mol. The first-order chi connectivity index (χ1) is 6.85. The molecule has 1 aromatic carbocycles. The van der Waals surface area contributed by atoms with Crippen molar-refractivity contribution < 1.29 is 10.0 Å². The Kier molecular flexibility index (Phi) is 3.46. The monoisotopic (exact) mass is 273 g/mol. The zero-order valence-electron chi connectivity index (χ0n) is 8.48. The van der Waals surface area contributed by atoms with E-state index < -0.39 is 16.6 Å². The second-order valence-electron chi connectivity index (χ2n) is 3.86. The van der Waals surface area contributed by atoms with Crippen LogP contribution in [0.3, 0.4) is 0 Å². The summed E-state index contributed by atoms with van der Waals surface area (Å²) < 4.78 is 0.873. The number of benzene rings is 1. The summed E-state index contributed by atoms with van der Waals surface area (Å²) in [4.78, 5) is 10.3. The Morgan fingerprint density at radius 3 is 2.27 bits per heavy atom. The Hall–Kier alpha value is -0.940. The van der Waals surface area contributed by atoms with Crippen LogP contribution >= 0.6 is 15.9 Å². The SMILES string of the molecule is CC(C)([C@@H](O)c1ccc(Br)cc1)[N+](=O)[O-]. The van der Waals surface area contributed by atoms with Crippen LogP contribution in [0.2, 0.25) is 0 Å². The lowest BCUT2D eigenvalue weighted by Crippen LogP contribution is -2.37. The number of nitro groups is 1. The van der Waals surface area contributed by atoms with Crippen molar-refractivity contribution in [2.45, 2.75) is 25.5 Å². The van der Waals surface area contributed by atoms with Crippen molar-refractivity contribution in [2.24, 2.45) is 0 Å². The van der Waals surface area contributed by atoms with E-state index in [1.165, 1.54) is 13.8 Å². The molecule has 0 bridgehead atoms. The van der Waals surface area contributed by atoms with Gasteiger partial charge in [-0.15, -0.1) is 0 Å². The minimum Gasteiger partial charge on any atom is -0.381 e. The van der Waals surface area contributed by atoms with Gasteiger partial charge in [-0.3, -0.25) is 10.1 Å².